The highest BCUT2D eigenvalue weighted by Crippen LogP contribution is 2.24. The minimum atomic E-state index is -0.907. The Kier molecular flexibility index (Phi) is 4.73. The molecule has 1 rings (SSSR count). The van der Waals surface area contributed by atoms with E-state index in [2.05, 4.69) is 5.32 Å². The third-order valence-corrected chi connectivity index (χ3v) is 3.27. The smallest absolute Gasteiger partial charge is 0.305 e. The molecule has 0 saturated carbocycles. The fourth-order valence-corrected chi connectivity index (χ4v) is 2.01. The minimum Gasteiger partial charge on any atom is -0.481 e. The van der Waals surface area contributed by atoms with Crippen molar-refractivity contribution in [2.24, 2.45) is 5.41 Å². The number of carbonyl (C=O) groups is 2. The summed E-state index contributed by atoms with van der Waals surface area (Å²) in [5, 5.41) is 11.7. The second-order valence-electron chi connectivity index (χ2n) is 6.04. The van der Waals surface area contributed by atoms with Gasteiger partial charge in [0.25, 0.3) is 0 Å². The van der Waals surface area contributed by atoms with Crippen molar-refractivity contribution < 1.29 is 19.4 Å². The molecule has 1 amide bonds. The van der Waals surface area contributed by atoms with Crippen LogP contribution in [0.1, 0.15) is 47.0 Å². The Morgan fingerprint density at radius 2 is 2.00 bits per heavy atom. The Morgan fingerprint density at radius 3 is 2.39 bits per heavy atom. The van der Waals surface area contributed by atoms with Crippen LogP contribution in [0.2, 0.25) is 0 Å². The number of amides is 1. The summed E-state index contributed by atoms with van der Waals surface area (Å²) in [5.41, 5.74) is -0.293. The highest BCUT2D eigenvalue weighted by Gasteiger charge is 2.33. The van der Waals surface area contributed by atoms with Crippen LogP contribution in [0.4, 0.5) is 0 Å². The van der Waals surface area contributed by atoms with E-state index in [0.29, 0.717) is 6.42 Å². The molecule has 1 fully saturated rings. The first-order chi connectivity index (χ1) is 8.20. The van der Waals surface area contributed by atoms with Gasteiger partial charge in [-0.05, 0) is 25.2 Å². The maximum atomic E-state index is 12.0. The summed E-state index contributed by atoms with van der Waals surface area (Å²) in [5.74, 6) is -1.10. The second kappa shape index (κ2) is 5.69. The van der Waals surface area contributed by atoms with Crippen LogP contribution >= 0.6 is 0 Å². The number of rotatable bonds is 4. The van der Waals surface area contributed by atoms with Crippen molar-refractivity contribution in [3.8, 4) is 0 Å². The minimum absolute atomic E-state index is 0.0719. The average molecular weight is 257 g/mol. The van der Waals surface area contributed by atoms with Crippen LogP contribution in [0.3, 0.4) is 0 Å². The lowest BCUT2D eigenvalue weighted by Crippen LogP contribution is -2.48. The van der Waals surface area contributed by atoms with Gasteiger partial charge in [-0.2, -0.15) is 0 Å². The SMILES string of the molecule is CC1CCC(C(=O)NC(CC(=O)O)C(C)(C)C)O1. The quantitative estimate of drug-likeness (QED) is 0.801. The number of hydrogen-bond acceptors (Lipinski definition) is 3. The van der Waals surface area contributed by atoms with E-state index in [1.807, 2.05) is 27.7 Å². The maximum absolute atomic E-state index is 12.0. The van der Waals surface area contributed by atoms with Gasteiger partial charge < -0.3 is 15.2 Å². The number of carboxylic acid groups (broad SMARTS) is 1. The van der Waals surface area contributed by atoms with Gasteiger partial charge in [-0.15, -0.1) is 0 Å². The molecule has 1 aliphatic heterocycles. The first-order valence-corrected chi connectivity index (χ1v) is 6.37. The van der Waals surface area contributed by atoms with Crippen molar-refractivity contribution >= 4 is 11.9 Å². The van der Waals surface area contributed by atoms with Gasteiger partial charge in [-0.1, -0.05) is 20.8 Å². The van der Waals surface area contributed by atoms with Gasteiger partial charge in [-0.3, -0.25) is 9.59 Å². The predicted molar refractivity (Wildman–Crippen MR) is 67.2 cm³/mol. The lowest BCUT2D eigenvalue weighted by atomic mass is 9.84. The molecule has 3 unspecified atom stereocenters. The fraction of sp³-hybridized carbons (Fsp3) is 0.846. The van der Waals surface area contributed by atoms with Crippen LogP contribution in [0.5, 0.6) is 0 Å². The van der Waals surface area contributed by atoms with Crippen molar-refractivity contribution in [1.29, 1.82) is 0 Å². The Bertz CT molecular complexity index is 321. The molecule has 104 valence electrons. The molecule has 1 aliphatic rings. The van der Waals surface area contributed by atoms with Gasteiger partial charge in [0.05, 0.1) is 12.5 Å². The summed E-state index contributed by atoms with van der Waals surface area (Å²) >= 11 is 0. The third kappa shape index (κ3) is 4.29. The number of nitrogens with one attached hydrogen (secondary N) is 1. The molecule has 0 spiro atoms. The Balaban J connectivity index is 2.60. The maximum Gasteiger partial charge on any atom is 0.305 e. The summed E-state index contributed by atoms with van der Waals surface area (Å²) in [6.07, 6.45) is 1.18. The van der Waals surface area contributed by atoms with E-state index < -0.39 is 12.1 Å². The molecule has 0 aromatic rings. The van der Waals surface area contributed by atoms with Crippen LogP contribution in [-0.2, 0) is 14.3 Å². The standard InChI is InChI=1S/C13H23NO4/c1-8-5-6-9(18-8)12(17)14-10(7-11(15)16)13(2,3)4/h8-10H,5-7H2,1-4H3,(H,14,17)(H,15,16). The van der Waals surface area contributed by atoms with E-state index in [1.165, 1.54) is 0 Å². The van der Waals surface area contributed by atoms with E-state index in [9.17, 15) is 9.59 Å². The molecule has 18 heavy (non-hydrogen) atoms. The van der Waals surface area contributed by atoms with E-state index in [1.54, 1.807) is 0 Å². The number of ether oxygens (including phenoxy) is 1. The summed E-state index contributed by atoms with van der Waals surface area (Å²) in [7, 11) is 0. The first kappa shape index (κ1) is 15.0. The zero-order valence-corrected chi connectivity index (χ0v) is 11.5. The van der Waals surface area contributed by atoms with Gasteiger partial charge in [-0.25, -0.2) is 0 Å². The summed E-state index contributed by atoms with van der Waals surface area (Å²) in [4.78, 5) is 22.8. The summed E-state index contributed by atoms with van der Waals surface area (Å²) in [6, 6.07) is -0.387. The van der Waals surface area contributed by atoms with Crippen LogP contribution < -0.4 is 5.32 Å². The van der Waals surface area contributed by atoms with E-state index in [-0.39, 0.29) is 29.9 Å². The normalized spacial score (nSPS) is 25.8. The van der Waals surface area contributed by atoms with Crippen molar-refractivity contribution in [1.82, 2.24) is 5.32 Å². The first-order valence-electron chi connectivity index (χ1n) is 6.37. The van der Waals surface area contributed by atoms with Gasteiger partial charge in [0, 0.05) is 6.04 Å². The largest absolute Gasteiger partial charge is 0.481 e. The Hall–Kier alpha value is -1.10. The molecule has 5 nitrogen and oxygen atoms in total. The summed E-state index contributed by atoms with van der Waals surface area (Å²) < 4.78 is 5.48. The van der Waals surface area contributed by atoms with Crippen molar-refractivity contribution in [3.05, 3.63) is 0 Å². The molecule has 0 bridgehead atoms. The number of carbonyl (C=O) groups excluding carboxylic acids is 1. The molecule has 2 N–H and O–H groups in total. The second-order valence-corrected chi connectivity index (χ2v) is 6.04. The Labute approximate surface area is 108 Å². The number of aliphatic carboxylic acids is 1. The molecule has 0 aromatic carbocycles. The van der Waals surface area contributed by atoms with Crippen molar-refractivity contribution in [2.45, 2.75) is 65.2 Å². The fourth-order valence-electron chi connectivity index (χ4n) is 2.01. The monoisotopic (exact) mass is 257 g/mol. The van der Waals surface area contributed by atoms with Crippen molar-refractivity contribution in [2.75, 3.05) is 0 Å². The zero-order valence-electron chi connectivity index (χ0n) is 11.5. The Morgan fingerprint density at radius 1 is 1.39 bits per heavy atom. The summed E-state index contributed by atoms with van der Waals surface area (Å²) in [6.45, 7) is 7.68. The zero-order chi connectivity index (χ0) is 13.9. The molecular weight excluding hydrogens is 234 g/mol. The highest BCUT2D eigenvalue weighted by molar-refractivity contribution is 5.82. The topological polar surface area (TPSA) is 75.6 Å². The number of carboxylic acids is 1. The van der Waals surface area contributed by atoms with Gasteiger partial charge in [0.1, 0.15) is 6.10 Å². The molecule has 0 aliphatic carbocycles. The van der Waals surface area contributed by atoms with Gasteiger partial charge in [0.2, 0.25) is 5.91 Å². The molecule has 3 atom stereocenters. The van der Waals surface area contributed by atoms with E-state index >= 15 is 0 Å². The van der Waals surface area contributed by atoms with E-state index in [4.69, 9.17) is 9.84 Å². The molecule has 0 aromatic heterocycles. The molecular formula is C13H23NO4. The van der Waals surface area contributed by atoms with Crippen molar-refractivity contribution in [3.63, 3.8) is 0 Å². The van der Waals surface area contributed by atoms with Crippen LogP contribution in [-0.4, -0.2) is 35.2 Å². The lowest BCUT2D eigenvalue weighted by molar-refractivity contribution is -0.139. The number of hydrogen-bond donors (Lipinski definition) is 2. The molecule has 5 heteroatoms. The predicted octanol–water partition coefficient (Wildman–Crippen LogP) is 1.56. The van der Waals surface area contributed by atoms with E-state index in [0.717, 1.165) is 6.42 Å². The average Bonchev–Trinajstić information content (AvgIpc) is 2.61. The van der Waals surface area contributed by atoms with Gasteiger partial charge in [0.15, 0.2) is 0 Å². The highest BCUT2D eigenvalue weighted by atomic mass is 16.5. The van der Waals surface area contributed by atoms with Gasteiger partial charge >= 0.3 is 5.97 Å². The van der Waals surface area contributed by atoms with Crippen LogP contribution in [0, 0.1) is 5.41 Å². The van der Waals surface area contributed by atoms with Crippen LogP contribution in [0.25, 0.3) is 0 Å². The molecule has 1 heterocycles. The molecule has 1 saturated heterocycles. The molecule has 0 radical (unpaired) electrons. The lowest BCUT2D eigenvalue weighted by Gasteiger charge is -2.31. The van der Waals surface area contributed by atoms with Crippen LogP contribution in [0.15, 0.2) is 0 Å². The third-order valence-electron chi connectivity index (χ3n) is 3.27.